The van der Waals surface area contributed by atoms with Crippen molar-refractivity contribution >= 4 is 39.1 Å². The number of nitrogens with zero attached hydrogens (tertiary/aromatic N) is 4. The normalized spacial score (nSPS) is 12.2. The van der Waals surface area contributed by atoms with Crippen LogP contribution in [-0.4, -0.2) is 20.3 Å². The molecule has 0 aliphatic rings. The van der Waals surface area contributed by atoms with Crippen LogP contribution in [0.3, 0.4) is 0 Å². The van der Waals surface area contributed by atoms with Crippen LogP contribution in [0.15, 0.2) is 35.5 Å². The minimum atomic E-state index is -0.358. The van der Waals surface area contributed by atoms with Gasteiger partial charge in [0, 0.05) is 20.3 Å². The lowest BCUT2D eigenvalue weighted by Crippen LogP contribution is -2.13. The first-order valence-electron chi connectivity index (χ1n) is 5.89. The second kappa shape index (κ2) is 4.88. The van der Waals surface area contributed by atoms with Gasteiger partial charge >= 0.3 is 0 Å². The number of amides is 1. The van der Waals surface area contributed by atoms with Crippen molar-refractivity contribution in [2.24, 2.45) is 19.1 Å². The van der Waals surface area contributed by atoms with E-state index in [1.807, 2.05) is 29.8 Å². The first kappa shape index (κ1) is 13.1. The van der Waals surface area contributed by atoms with E-state index in [0.717, 1.165) is 10.2 Å². The first-order chi connectivity index (χ1) is 9.56. The third-order valence-electron chi connectivity index (χ3n) is 2.90. The fraction of sp³-hybridized carbons (Fsp3) is 0.154. The van der Waals surface area contributed by atoms with Gasteiger partial charge in [-0.1, -0.05) is 29.0 Å². The van der Waals surface area contributed by atoms with Gasteiger partial charge in [-0.3, -0.25) is 9.48 Å². The minimum absolute atomic E-state index is 0.330. The molecule has 7 heteroatoms. The van der Waals surface area contributed by atoms with E-state index < -0.39 is 0 Å². The Balaban J connectivity index is 2.15. The van der Waals surface area contributed by atoms with Gasteiger partial charge in [0.05, 0.1) is 15.2 Å². The summed E-state index contributed by atoms with van der Waals surface area (Å²) in [6.45, 7) is 0. The van der Waals surface area contributed by atoms with Crippen molar-refractivity contribution in [2.45, 2.75) is 0 Å². The summed E-state index contributed by atoms with van der Waals surface area (Å²) in [6.07, 6.45) is 1.71. The number of para-hydroxylation sites is 1. The number of halogens is 1. The average Bonchev–Trinajstić information content (AvgIpc) is 2.96. The standard InChI is InChI=1S/C13H11ClN4OS/c1-17-7-6-9(16-17)12(19)15-13-18(2)11-8(14)4-3-5-10(11)20-13/h3-7H,1-2H3. The maximum atomic E-state index is 12.1. The zero-order chi connectivity index (χ0) is 14.3. The minimum Gasteiger partial charge on any atom is -0.318 e. The molecule has 0 radical (unpaired) electrons. The molecule has 102 valence electrons. The summed E-state index contributed by atoms with van der Waals surface area (Å²) < 4.78 is 4.39. The number of carbonyl (C=O) groups is 1. The number of aromatic nitrogens is 3. The predicted octanol–water partition coefficient (Wildman–Crippen LogP) is 2.37. The van der Waals surface area contributed by atoms with E-state index >= 15 is 0 Å². The molecule has 5 nitrogen and oxygen atoms in total. The van der Waals surface area contributed by atoms with Gasteiger partial charge in [-0.05, 0) is 18.2 Å². The van der Waals surface area contributed by atoms with E-state index in [1.165, 1.54) is 11.3 Å². The van der Waals surface area contributed by atoms with Gasteiger partial charge in [0.1, 0.15) is 0 Å². The summed E-state index contributed by atoms with van der Waals surface area (Å²) in [6, 6.07) is 7.30. The molecule has 0 spiro atoms. The Labute approximate surface area is 123 Å². The highest BCUT2D eigenvalue weighted by molar-refractivity contribution is 7.16. The topological polar surface area (TPSA) is 52.2 Å². The highest BCUT2D eigenvalue weighted by atomic mass is 35.5. The molecular formula is C13H11ClN4OS. The molecule has 0 saturated carbocycles. The Bertz CT molecular complexity index is 874. The predicted molar refractivity (Wildman–Crippen MR) is 78.9 cm³/mol. The summed E-state index contributed by atoms with van der Waals surface area (Å²) in [5.41, 5.74) is 1.21. The van der Waals surface area contributed by atoms with Crippen molar-refractivity contribution in [3.63, 3.8) is 0 Å². The van der Waals surface area contributed by atoms with E-state index in [1.54, 1.807) is 24.0 Å². The Morgan fingerprint density at radius 2 is 2.15 bits per heavy atom. The number of benzene rings is 1. The van der Waals surface area contributed by atoms with Gasteiger partial charge in [0.25, 0.3) is 5.91 Å². The molecule has 0 unspecified atom stereocenters. The molecule has 0 N–H and O–H groups in total. The number of hydrogen-bond acceptors (Lipinski definition) is 3. The Morgan fingerprint density at radius 1 is 1.35 bits per heavy atom. The number of rotatable bonds is 1. The lowest BCUT2D eigenvalue weighted by Gasteiger charge is -1.97. The van der Waals surface area contributed by atoms with Gasteiger partial charge in [-0.15, -0.1) is 0 Å². The van der Waals surface area contributed by atoms with E-state index in [-0.39, 0.29) is 5.91 Å². The van der Waals surface area contributed by atoms with Crippen LogP contribution < -0.4 is 4.80 Å². The number of aryl methyl sites for hydroxylation is 2. The van der Waals surface area contributed by atoms with Crippen LogP contribution in [0, 0.1) is 0 Å². The summed E-state index contributed by atoms with van der Waals surface area (Å²) in [7, 11) is 3.60. The van der Waals surface area contributed by atoms with Gasteiger partial charge in [-0.2, -0.15) is 10.1 Å². The quantitative estimate of drug-likeness (QED) is 0.693. The van der Waals surface area contributed by atoms with Gasteiger partial charge in [0.2, 0.25) is 0 Å². The van der Waals surface area contributed by atoms with Crippen LogP contribution >= 0.6 is 22.9 Å². The van der Waals surface area contributed by atoms with Crippen LogP contribution in [0.5, 0.6) is 0 Å². The highest BCUT2D eigenvalue weighted by Crippen LogP contribution is 2.24. The maximum Gasteiger partial charge on any atom is 0.300 e. The summed E-state index contributed by atoms with van der Waals surface area (Å²) >= 11 is 7.60. The lowest BCUT2D eigenvalue weighted by atomic mass is 10.3. The fourth-order valence-corrected chi connectivity index (χ4v) is 3.34. The SMILES string of the molecule is Cn1ccc(C(=O)N=c2sc3cccc(Cl)c3n2C)n1. The van der Waals surface area contributed by atoms with Crippen molar-refractivity contribution in [3.8, 4) is 0 Å². The van der Waals surface area contributed by atoms with Crippen LogP contribution in [0.4, 0.5) is 0 Å². The molecule has 0 aliphatic heterocycles. The Morgan fingerprint density at radius 3 is 2.80 bits per heavy atom. The Kier molecular flexibility index (Phi) is 3.19. The van der Waals surface area contributed by atoms with Crippen molar-refractivity contribution < 1.29 is 4.79 Å². The smallest absolute Gasteiger partial charge is 0.300 e. The second-order valence-electron chi connectivity index (χ2n) is 4.32. The number of hydrogen-bond donors (Lipinski definition) is 0. The van der Waals surface area contributed by atoms with Crippen LogP contribution in [0.2, 0.25) is 5.02 Å². The van der Waals surface area contributed by atoms with E-state index in [4.69, 9.17) is 11.6 Å². The zero-order valence-corrected chi connectivity index (χ0v) is 12.4. The molecule has 3 aromatic rings. The van der Waals surface area contributed by atoms with Gasteiger partial charge < -0.3 is 4.57 Å². The average molecular weight is 307 g/mol. The first-order valence-corrected chi connectivity index (χ1v) is 7.08. The van der Waals surface area contributed by atoms with E-state index in [2.05, 4.69) is 10.1 Å². The third-order valence-corrected chi connectivity index (χ3v) is 4.31. The number of thiazole rings is 1. The van der Waals surface area contributed by atoms with Gasteiger partial charge in [0.15, 0.2) is 10.5 Å². The molecule has 0 aliphatic carbocycles. The summed E-state index contributed by atoms with van der Waals surface area (Å²) in [5, 5.41) is 4.70. The molecule has 2 heterocycles. The molecule has 2 aromatic heterocycles. The molecule has 0 atom stereocenters. The molecule has 3 rings (SSSR count). The molecule has 0 bridgehead atoms. The molecule has 0 saturated heterocycles. The third kappa shape index (κ3) is 2.17. The van der Waals surface area contributed by atoms with E-state index in [9.17, 15) is 4.79 Å². The van der Waals surface area contributed by atoms with Crippen LogP contribution in [-0.2, 0) is 14.1 Å². The van der Waals surface area contributed by atoms with E-state index in [0.29, 0.717) is 15.5 Å². The monoisotopic (exact) mass is 306 g/mol. The molecule has 1 amide bonds. The maximum absolute atomic E-state index is 12.1. The van der Waals surface area contributed by atoms with Gasteiger partial charge in [-0.25, -0.2) is 0 Å². The summed E-state index contributed by atoms with van der Waals surface area (Å²) in [4.78, 5) is 16.8. The van der Waals surface area contributed by atoms with Crippen molar-refractivity contribution in [3.05, 3.63) is 46.0 Å². The second-order valence-corrected chi connectivity index (χ2v) is 5.74. The molecule has 20 heavy (non-hydrogen) atoms. The van der Waals surface area contributed by atoms with Crippen molar-refractivity contribution in [2.75, 3.05) is 0 Å². The van der Waals surface area contributed by atoms with Crippen LogP contribution in [0.25, 0.3) is 10.2 Å². The molecular weight excluding hydrogens is 296 g/mol. The van der Waals surface area contributed by atoms with Crippen molar-refractivity contribution in [1.82, 2.24) is 14.3 Å². The Hall–Kier alpha value is -1.92. The van der Waals surface area contributed by atoms with Crippen LogP contribution in [0.1, 0.15) is 10.5 Å². The zero-order valence-electron chi connectivity index (χ0n) is 10.9. The molecule has 1 aromatic carbocycles. The lowest BCUT2D eigenvalue weighted by molar-refractivity contribution is 0.0992. The fourth-order valence-electron chi connectivity index (χ4n) is 1.94. The molecule has 0 fully saturated rings. The number of fused-ring (bicyclic) bond motifs is 1. The number of carbonyl (C=O) groups excluding carboxylic acids is 1. The largest absolute Gasteiger partial charge is 0.318 e. The van der Waals surface area contributed by atoms with Crippen molar-refractivity contribution in [1.29, 1.82) is 0 Å². The summed E-state index contributed by atoms with van der Waals surface area (Å²) in [5.74, 6) is -0.358. The highest BCUT2D eigenvalue weighted by Gasteiger charge is 2.10.